The molecule has 19 heavy (non-hydrogen) atoms. The number of aryl methyl sites for hydroxylation is 2. The molecule has 5 heteroatoms. The minimum absolute atomic E-state index is 0. The molecule has 1 aromatic rings. The molecule has 0 aromatic carbocycles. The highest BCUT2D eigenvalue weighted by Crippen LogP contribution is 2.18. The van der Waals surface area contributed by atoms with Crippen molar-refractivity contribution in [2.45, 2.75) is 52.5 Å². The summed E-state index contributed by atoms with van der Waals surface area (Å²) in [6, 6.07) is 1.79. The number of hydrogen-bond donors (Lipinski definition) is 2. The van der Waals surface area contributed by atoms with Gasteiger partial charge in [-0.05, 0) is 31.4 Å². The van der Waals surface area contributed by atoms with Gasteiger partial charge in [-0.2, -0.15) is 0 Å². The Bertz CT molecular complexity index is 403. The summed E-state index contributed by atoms with van der Waals surface area (Å²) in [6.07, 6.45) is 2.42. The highest BCUT2D eigenvalue weighted by molar-refractivity contribution is 5.92. The van der Waals surface area contributed by atoms with Crippen molar-refractivity contribution in [3.05, 3.63) is 23.2 Å². The fourth-order valence-electron chi connectivity index (χ4n) is 2.05. The van der Waals surface area contributed by atoms with Crippen LogP contribution in [0.25, 0.3) is 0 Å². The molecular formula is C14H25ClN2O2. The Morgan fingerprint density at radius 1 is 1.37 bits per heavy atom. The second-order valence-corrected chi connectivity index (χ2v) is 4.72. The molecule has 0 spiro atoms. The molecule has 0 aliphatic rings. The monoisotopic (exact) mass is 288 g/mol. The van der Waals surface area contributed by atoms with Crippen molar-refractivity contribution in [1.82, 2.24) is 5.32 Å². The van der Waals surface area contributed by atoms with Crippen LogP contribution >= 0.6 is 12.4 Å². The summed E-state index contributed by atoms with van der Waals surface area (Å²) < 4.78 is 5.55. The summed E-state index contributed by atoms with van der Waals surface area (Å²) in [5, 5.41) is 3.00. The van der Waals surface area contributed by atoms with Gasteiger partial charge in [0.1, 0.15) is 5.76 Å². The Kier molecular flexibility index (Phi) is 7.16. The number of nitrogens with one attached hydrogen (secondary N) is 1. The van der Waals surface area contributed by atoms with Crippen molar-refractivity contribution in [1.29, 1.82) is 0 Å². The van der Waals surface area contributed by atoms with Crippen LogP contribution in [0.4, 0.5) is 0 Å². The summed E-state index contributed by atoms with van der Waals surface area (Å²) in [5.74, 6) is 1.07. The third-order valence-electron chi connectivity index (χ3n) is 3.69. The number of carbonyl (C=O) groups is 1. The predicted octanol–water partition coefficient (Wildman–Crippen LogP) is 2.82. The summed E-state index contributed by atoms with van der Waals surface area (Å²) in [6.45, 7) is 8.46. The van der Waals surface area contributed by atoms with E-state index in [4.69, 9.17) is 10.2 Å². The first-order valence-corrected chi connectivity index (χ1v) is 6.63. The molecule has 0 saturated heterocycles. The first-order chi connectivity index (χ1) is 8.51. The summed E-state index contributed by atoms with van der Waals surface area (Å²) in [4.78, 5) is 12.2. The molecule has 110 valence electrons. The van der Waals surface area contributed by atoms with E-state index in [0.29, 0.717) is 12.3 Å². The molecular weight excluding hydrogens is 264 g/mol. The second-order valence-electron chi connectivity index (χ2n) is 4.72. The average molecular weight is 289 g/mol. The SMILES string of the molecule is CCc1oc(C(=O)NC(CC)(CC)CN)cc1C.Cl. The largest absolute Gasteiger partial charge is 0.456 e. The Hall–Kier alpha value is -1.00. The second kappa shape index (κ2) is 7.56. The Morgan fingerprint density at radius 3 is 2.32 bits per heavy atom. The van der Waals surface area contributed by atoms with Gasteiger partial charge in [-0.1, -0.05) is 20.8 Å². The van der Waals surface area contributed by atoms with Gasteiger partial charge in [-0.3, -0.25) is 4.79 Å². The van der Waals surface area contributed by atoms with E-state index in [2.05, 4.69) is 5.32 Å². The van der Waals surface area contributed by atoms with E-state index in [1.54, 1.807) is 6.07 Å². The first-order valence-electron chi connectivity index (χ1n) is 6.63. The van der Waals surface area contributed by atoms with Crippen molar-refractivity contribution in [2.24, 2.45) is 5.73 Å². The van der Waals surface area contributed by atoms with Crippen LogP contribution in [0.2, 0.25) is 0 Å². The standard InChI is InChI=1S/C14H24N2O2.ClH/c1-5-11-10(4)8-12(18-11)13(17)16-14(6-2,7-3)9-15;/h8H,5-7,9,15H2,1-4H3,(H,16,17);1H. The molecule has 0 unspecified atom stereocenters. The topological polar surface area (TPSA) is 68.3 Å². The van der Waals surface area contributed by atoms with E-state index in [0.717, 1.165) is 30.6 Å². The molecule has 0 aliphatic heterocycles. The number of rotatable bonds is 6. The van der Waals surface area contributed by atoms with Crippen LogP contribution in [-0.2, 0) is 6.42 Å². The predicted molar refractivity (Wildman–Crippen MR) is 79.9 cm³/mol. The van der Waals surface area contributed by atoms with Crippen molar-refractivity contribution < 1.29 is 9.21 Å². The zero-order valence-corrected chi connectivity index (χ0v) is 13.0. The molecule has 1 aromatic heterocycles. The van der Waals surface area contributed by atoms with Crippen LogP contribution in [0.15, 0.2) is 10.5 Å². The Balaban J connectivity index is 0.00000324. The summed E-state index contributed by atoms with van der Waals surface area (Å²) >= 11 is 0. The fourth-order valence-corrected chi connectivity index (χ4v) is 2.05. The van der Waals surface area contributed by atoms with E-state index in [1.165, 1.54) is 0 Å². The van der Waals surface area contributed by atoms with Crippen LogP contribution in [0.5, 0.6) is 0 Å². The third kappa shape index (κ3) is 3.98. The zero-order chi connectivity index (χ0) is 13.8. The van der Waals surface area contributed by atoms with Crippen LogP contribution in [-0.4, -0.2) is 18.0 Å². The number of halogens is 1. The van der Waals surface area contributed by atoms with Crippen molar-refractivity contribution >= 4 is 18.3 Å². The molecule has 1 rings (SSSR count). The molecule has 0 radical (unpaired) electrons. The fraction of sp³-hybridized carbons (Fsp3) is 0.643. The van der Waals surface area contributed by atoms with E-state index in [9.17, 15) is 4.79 Å². The maximum atomic E-state index is 12.2. The van der Waals surface area contributed by atoms with Crippen LogP contribution < -0.4 is 11.1 Å². The molecule has 4 nitrogen and oxygen atoms in total. The maximum Gasteiger partial charge on any atom is 0.287 e. The van der Waals surface area contributed by atoms with Crippen molar-refractivity contribution in [3.63, 3.8) is 0 Å². The number of furan rings is 1. The molecule has 0 fully saturated rings. The van der Waals surface area contributed by atoms with Gasteiger partial charge in [0.25, 0.3) is 5.91 Å². The van der Waals surface area contributed by atoms with Crippen LogP contribution in [0, 0.1) is 6.92 Å². The van der Waals surface area contributed by atoms with Gasteiger partial charge >= 0.3 is 0 Å². The van der Waals surface area contributed by atoms with Crippen LogP contribution in [0.3, 0.4) is 0 Å². The molecule has 1 amide bonds. The Morgan fingerprint density at radius 2 is 1.95 bits per heavy atom. The maximum absolute atomic E-state index is 12.2. The number of nitrogens with two attached hydrogens (primary N) is 1. The summed E-state index contributed by atoms with van der Waals surface area (Å²) in [5.41, 5.74) is 6.46. The highest BCUT2D eigenvalue weighted by atomic mass is 35.5. The molecule has 0 atom stereocenters. The van der Waals surface area contributed by atoms with Gasteiger partial charge in [-0.25, -0.2) is 0 Å². The third-order valence-corrected chi connectivity index (χ3v) is 3.69. The minimum atomic E-state index is -0.329. The number of carbonyl (C=O) groups excluding carboxylic acids is 1. The van der Waals surface area contributed by atoms with Gasteiger partial charge in [0, 0.05) is 13.0 Å². The molecule has 0 aliphatic carbocycles. The Labute approximate surface area is 121 Å². The minimum Gasteiger partial charge on any atom is -0.456 e. The lowest BCUT2D eigenvalue weighted by atomic mass is 9.93. The number of amides is 1. The van der Waals surface area contributed by atoms with Gasteiger partial charge < -0.3 is 15.5 Å². The quantitative estimate of drug-likeness (QED) is 0.846. The van der Waals surface area contributed by atoms with Gasteiger partial charge in [-0.15, -0.1) is 12.4 Å². The van der Waals surface area contributed by atoms with Gasteiger partial charge in [0.05, 0.1) is 5.54 Å². The van der Waals surface area contributed by atoms with Crippen molar-refractivity contribution in [2.75, 3.05) is 6.54 Å². The lowest BCUT2D eigenvalue weighted by Gasteiger charge is -2.30. The van der Waals surface area contributed by atoms with E-state index in [-0.39, 0.29) is 23.9 Å². The normalized spacial score (nSPS) is 11.0. The number of hydrogen-bond acceptors (Lipinski definition) is 3. The van der Waals surface area contributed by atoms with Crippen LogP contribution in [0.1, 0.15) is 55.5 Å². The van der Waals surface area contributed by atoms with E-state index < -0.39 is 0 Å². The molecule has 1 heterocycles. The van der Waals surface area contributed by atoms with Crippen molar-refractivity contribution in [3.8, 4) is 0 Å². The van der Waals surface area contributed by atoms with E-state index >= 15 is 0 Å². The first kappa shape index (κ1) is 18.0. The highest BCUT2D eigenvalue weighted by Gasteiger charge is 2.28. The molecule has 3 N–H and O–H groups in total. The summed E-state index contributed by atoms with van der Waals surface area (Å²) in [7, 11) is 0. The lowest BCUT2D eigenvalue weighted by Crippen LogP contribution is -2.52. The molecule has 0 bridgehead atoms. The smallest absolute Gasteiger partial charge is 0.287 e. The van der Waals surface area contributed by atoms with Gasteiger partial charge in [0.2, 0.25) is 0 Å². The molecule has 0 saturated carbocycles. The van der Waals surface area contributed by atoms with E-state index in [1.807, 2.05) is 27.7 Å². The van der Waals surface area contributed by atoms with Gasteiger partial charge in [0.15, 0.2) is 5.76 Å². The average Bonchev–Trinajstić information content (AvgIpc) is 2.77. The lowest BCUT2D eigenvalue weighted by molar-refractivity contribution is 0.0865. The zero-order valence-electron chi connectivity index (χ0n) is 12.2.